The SMILES string of the molecule is COc1cc(N2CCNCC2)ccc1Nc1cc2c(cn1)cnn2S(=O)(=O)c1cccc2cccnc12.COc1cc(N2CCNCC2)ccc1Nc1cc2c(cn1)cnn2S(=O)(=O)c1cccc2cccnc12. The van der Waals surface area contributed by atoms with Crippen molar-refractivity contribution in [2.75, 3.05) is 87.0 Å². The number of ether oxygens (including phenoxy) is 2. The van der Waals surface area contributed by atoms with Crippen LogP contribution in [0.5, 0.6) is 11.5 Å². The van der Waals surface area contributed by atoms with E-state index in [9.17, 15) is 16.8 Å². The second-order valence-electron chi connectivity index (χ2n) is 17.4. The Morgan fingerprint density at radius 2 is 0.905 bits per heavy atom. The monoisotopic (exact) mass is 1030 g/mol. The van der Waals surface area contributed by atoms with Gasteiger partial charge >= 0.3 is 0 Å². The first-order valence-electron chi connectivity index (χ1n) is 23.8. The lowest BCUT2D eigenvalue weighted by Crippen LogP contribution is -2.43. The van der Waals surface area contributed by atoms with Gasteiger partial charge in [0.15, 0.2) is 0 Å². The van der Waals surface area contributed by atoms with Crippen molar-refractivity contribution in [2.45, 2.75) is 9.79 Å². The second kappa shape index (κ2) is 20.2. The third kappa shape index (κ3) is 9.30. The lowest BCUT2D eigenvalue weighted by Gasteiger charge is -2.30. The molecule has 12 rings (SSSR count). The Kier molecular flexibility index (Phi) is 13.1. The first kappa shape index (κ1) is 47.9. The van der Waals surface area contributed by atoms with Gasteiger partial charge in [-0.2, -0.15) is 35.2 Å². The van der Waals surface area contributed by atoms with E-state index in [-0.39, 0.29) is 9.79 Å². The highest BCUT2D eigenvalue weighted by atomic mass is 32.2. The Labute approximate surface area is 426 Å². The van der Waals surface area contributed by atoms with E-state index >= 15 is 0 Å². The summed E-state index contributed by atoms with van der Waals surface area (Å²) >= 11 is 0. The molecular formula is C52H50N14O6S2. The van der Waals surface area contributed by atoms with E-state index in [0.29, 0.717) is 56.0 Å². The van der Waals surface area contributed by atoms with Crippen LogP contribution in [0.4, 0.5) is 34.4 Å². The van der Waals surface area contributed by atoms with Crippen LogP contribution in [0.1, 0.15) is 0 Å². The quantitative estimate of drug-likeness (QED) is 0.0991. The van der Waals surface area contributed by atoms with Crippen molar-refractivity contribution >= 4 is 98.0 Å². The van der Waals surface area contributed by atoms with Crippen molar-refractivity contribution in [3.05, 3.63) is 146 Å². The molecule has 2 aliphatic heterocycles. The summed E-state index contributed by atoms with van der Waals surface area (Å²) in [6.07, 6.45) is 9.33. The summed E-state index contributed by atoms with van der Waals surface area (Å²) in [6.45, 7) is 7.49. The number of hydrogen-bond donors (Lipinski definition) is 4. The fourth-order valence-corrected chi connectivity index (χ4v) is 12.0. The number of fused-ring (bicyclic) bond motifs is 4. The number of para-hydroxylation sites is 2. The molecule has 0 atom stereocenters. The zero-order valence-electron chi connectivity index (χ0n) is 40.3. The Morgan fingerprint density at radius 1 is 0.486 bits per heavy atom. The van der Waals surface area contributed by atoms with E-state index in [4.69, 9.17) is 9.47 Å². The Morgan fingerprint density at radius 3 is 1.32 bits per heavy atom. The van der Waals surface area contributed by atoms with Crippen LogP contribution in [-0.2, 0) is 20.0 Å². The van der Waals surface area contributed by atoms with Crippen molar-refractivity contribution in [3.63, 3.8) is 0 Å². The number of rotatable bonds is 12. The van der Waals surface area contributed by atoms with Crippen LogP contribution in [0.15, 0.2) is 156 Å². The summed E-state index contributed by atoms with van der Waals surface area (Å²) in [7, 11) is -4.79. The zero-order valence-corrected chi connectivity index (χ0v) is 41.9. The summed E-state index contributed by atoms with van der Waals surface area (Å²) < 4.78 is 68.0. The van der Waals surface area contributed by atoms with Crippen LogP contribution < -0.4 is 40.5 Å². The first-order valence-corrected chi connectivity index (χ1v) is 26.6. The van der Waals surface area contributed by atoms with Gasteiger partial charge in [-0.3, -0.25) is 9.97 Å². The molecule has 4 N–H and O–H groups in total. The summed E-state index contributed by atoms with van der Waals surface area (Å²) in [5.74, 6) is 2.27. The van der Waals surface area contributed by atoms with Gasteiger partial charge in [-0.05, 0) is 48.5 Å². The molecule has 2 saturated heterocycles. The summed E-state index contributed by atoms with van der Waals surface area (Å²) in [6, 6.07) is 32.6. The smallest absolute Gasteiger partial charge is 0.285 e. The molecule has 2 fully saturated rings. The molecule has 0 unspecified atom stereocenters. The van der Waals surface area contributed by atoms with Crippen molar-refractivity contribution in [3.8, 4) is 11.5 Å². The Bertz CT molecular complexity index is 3670. The molecule has 0 saturated carbocycles. The van der Waals surface area contributed by atoms with Gasteiger partial charge < -0.3 is 40.5 Å². The molecule has 20 nitrogen and oxygen atoms in total. The van der Waals surface area contributed by atoms with Gasteiger partial charge in [0.05, 0.1) is 60.1 Å². The van der Waals surface area contributed by atoms with E-state index in [1.54, 1.807) is 87.5 Å². The highest BCUT2D eigenvalue weighted by molar-refractivity contribution is 7.90. The summed E-state index contributed by atoms with van der Waals surface area (Å²) in [5, 5.41) is 24.3. The topological polar surface area (TPSA) is 229 Å². The minimum Gasteiger partial charge on any atom is -0.494 e. The molecular weight excluding hydrogens is 981 g/mol. The van der Waals surface area contributed by atoms with Gasteiger partial charge in [0.25, 0.3) is 20.0 Å². The zero-order chi connectivity index (χ0) is 50.8. The number of hydrogen-bond acceptors (Lipinski definition) is 18. The molecule has 0 bridgehead atoms. The van der Waals surface area contributed by atoms with Gasteiger partial charge in [0.1, 0.15) is 32.9 Å². The number of aromatic nitrogens is 8. The highest BCUT2D eigenvalue weighted by Gasteiger charge is 2.26. The van der Waals surface area contributed by atoms with Crippen LogP contribution in [0.2, 0.25) is 0 Å². The predicted octanol–water partition coefficient (Wildman–Crippen LogP) is 6.76. The molecule has 22 heteroatoms. The van der Waals surface area contributed by atoms with Crippen LogP contribution in [-0.4, -0.2) is 122 Å². The van der Waals surface area contributed by atoms with Gasteiger partial charge in [-0.25, -0.2) is 9.97 Å². The number of pyridine rings is 4. The van der Waals surface area contributed by atoms with Gasteiger partial charge in [-0.15, -0.1) is 0 Å². The van der Waals surface area contributed by atoms with Crippen LogP contribution in [0.25, 0.3) is 43.6 Å². The third-order valence-electron chi connectivity index (χ3n) is 12.9. The molecule has 0 amide bonds. The van der Waals surface area contributed by atoms with E-state index in [1.807, 2.05) is 60.7 Å². The average molecular weight is 1030 g/mol. The predicted molar refractivity (Wildman–Crippen MR) is 286 cm³/mol. The molecule has 0 spiro atoms. The first-order chi connectivity index (χ1) is 36.1. The number of methoxy groups -OCH3 is 2. The third-order valence-corrected chi connectivity index (χ3v) is 16.2. The Hall–Kier alpha value is -8.44. The maximum Gasteiger partial charge on any atom is 0.285 e. The fourth-order valence-electron chi connectivity index (χ4n) is 9.15. The average Bonchev–Trinajstić information content (AvgIpc) is 4.09. The van der Waals surface area contributed by atoms with Crippen molar-refractivity contribution < 1.29 is 26.3 Å². The second-order valence-corrected chi connectivity index (χ2v) is 20.9. The normalized spacial score (nSPS) is 14.2. The minimum atomic E-state index is -4.02. The van der Waals surface area contributed by atoms with Crippen molar-refractivity contribution in [1.82, 2.24) is 48.9 Å². The number of piperazine rings is 2. The molecule has 8 heterocycles. The van der Waals surface area contributed by atoms with Gasteiger partial charge in [0, 0.05) is 134 Å². The number of benzene rings is 4. The summed E-state index contributed by atoms with van der Waals surface area (Å²) in [4.78, 5) is 22.3. The van der Waals surface area contributed by atoms with Crippen molar-refractivity contribution in [1.29, 1.82) is 0 Å². The molecule has 4 aromatic carbocycles. The van der Waals surface area contributed by atoms with Crippen LogP contribution >= 0.6 is 0 Å². The lowest BCUT2D eigenvalue weighted by molar-refractivity contribution is 0.416. The molecule has 2 aliphatic rings. The number of anilines is 6. The van der Waals surface area contributed by atoms with Crippen LogP contribution in [0.3, 0.4) is 0 Å². The highest BCUT2D eigenvalue weighted by Crippen LogP contribution is 2.35. The standard InChI is InChI=1S/2C26H25N7O3S/c2*1-36-23-14-20(32-12-10-27-11-13-32)7-8-21(23)31-25-15-22-19(16-29-25)17-30-33(22)37(34,35)24-6-2-4-18-5-3-9-28-26(18)24/h2*2-9,14-17,27H,10-13H2,1H3,(H,29,31). The lowest BCUT2D eigenvalue weighted by atomic mass is 10.2. The molecule has 10 aromatic rings. The molecule has 6 aromatic heterocycles. The number of nitrogens with zero attached hydrogens (tertiary/aromatic N) is 10. The van der Waals surface area contributed by atoms with Crippen LogP contribution in [0, 0.1) is 0 Å². The van der Waals surface area contributed by atoms with E-state index in [1.165, 1.54) is 12.4 Å². The largest absolute Gasteiger partial charge is 0.494 e. The minimum absolute atomic E-state index is 0.0899. The maximum atomic E-state index is 13.7. The van der Waals surface area contributed by atoms with E-state index < -0.39 is 20.0 Å². The number of nitrogens with one attached hydrogen (secondary N) is 4. The maximum absolute atomic E-state index is 13.7. The Balaban J connectivity index is 0.000000159. The van der Waals surface area contributed by atoms with Gasteiger partial charge in [-0.1, -0.05) is 36.4 Å². The van der Waals surface area contributed by atoms with E-state index in [2.05, 4.69) is 61.2 Å². The van der Waals surface area contributed by atoms with Gasteiger partial charge in [0.2, 0.25) is 0 Å². The molecule has 0 aliphatic carbocycles. The molecule has 376 valence electrons. The summed E-state index contributed by atoms with van der Waals surface area (Å²) in [5.41, 5.74) is 5.22. The molecule has 74 heavy (non-hydrogen) atoms. The molecule has 0 radical (unpaired) electrons. The fraction of sp³-hybridized carbons (Fsp3) is 0.192. The van der Waals surface area contributed by atoms with Crippen molar-refractivity contribution in [2.24, 2.45) is 0 Å². The van der Waals surface area contributed by atoms with E-state index in [0.717, 1.165) is 94.1 Å².